The van der Waals surface area contributed by atoms with E-state index in [-0.39, 0.29) is 18.1 Å². The highest BCUT2D eigenvalue weighted by molar-refractivity contribution is 5.83. The molecule has 1 heterocycles. The Morgan fingerprint density at radius 3 is 2.57 bits per heavy atom. The molecule has 5 heteroatoms. The Morgan fingerprint density at radius 1 is 1.13 bits per heavy atom. The minimum atomic E-state index is -0.265. The van der Waals surface area contributed by atoms with Gasteiger partial charge in [-0.1, -0.05) is 68.4 Å². The van der Waals surface area contributed by atoms with Gasteiger partial charge in [0.15, 0.2) is 0 Å². The van der Waals surface area contributed by atoms with Gasteiger partial charge in [0.05, 0.1) is 12.7 Å². The lowest BCUT2D eigenvalue weighted by Gasteiger charge is -2.31. The molecule has 0 aromatic heterocycles. The molecule has 0 radical (unpaired) electrons. The Bertz CT molecular complexity index is 792. The van der Waals surface area contributed by atoms with E-state index in [2.05, 4.69) is 60.2 Å². The lowest BCUT2D eigenvalue weighted by molar-refractivity contribution is -0.126. The van der Waals surface area contributed by atoms with Gasteiger partial charge in [-0.05, 0) is 36.7 Å². The van der Waals surface area contributed by atoms with Crippen LogP contribution in [0.1, 0.15) is 43.5 Å². The largest absolute Gasteiger partial charge is 0.376 e. The van der Waals surface area contributed by atoms with Crippen LogP contribution in [0.25, 0.3) is 0 Å². The zero-order valence-corrected chi connectivity index (χ0v) is 18.5. The molecular formula is C25H35N3O2. The van der Waals surface area contributed by atoms with E-state index in [1.165, 1.54) is 5.56 Å². The van der Waals surface area contributed by atoms with Crippen molar-refractivity contribution in [3.05, 3.63) is 71.3 Å². The van der Waals surface area contributed by atoms with E-state index in [4.69, 9.17) is 4.74 Å². The molecule has 1 amide bonds. The van der Waals surface area contributed by atoms with Gasteiger partial charge in [0, 0.05) is 26.2 Å². The first-order valence-electron chi connectivity index (χ1n) is 11.1. The van der Waals surface area contributed by atoms with Crippen LogP contribution in [0.4, 0.5) is 0 Å². The third-order valence-electron chi connectivity index (χ3n) is 5.73. The number of benzene rings is 2. The maximum absolute atomic E-state index is 13.1. The maximum Gasteiger partial charge on any atom is 0.242 e. The number of carbonyl (C=O) groups is 1. The second-order valence-electron chi connectivity index (χ2n) is 7.99. The van der Waals surface area contributed by atoms with Crippen molar-refractivity contribution >= 4 is 5.91 Å². The molecule has 162 valence electrons. The molecule has 1 aliphatic heterocycles. The number of hydrogen-bond acceptors (Lipinski definition) is 4. The van der Waals surface area contributed by atoms with Gasteiger partial charge < -0.3 is 10.1 Å². The van der Waals surface area contributed by atoms with Crippen LogP contribution in [0.2, 0.25) is 0 Å². The summed E-state index contributed by atoms with van der Waals surface area (Å²) in [6.45, 7) is 12.2. The van der Waals surface area contributed by atoms with E-state index in [1.807, 2.05) is 30.3 Å². The van der Waals surface area contributed by atoms with Crippen molar-refractivity contribution < 1.29 is 9.53 Å². The van der Waals surface area contributed by atoms with Gasteiger partial charge in [-0.3, -0.25) is 14.6 Å². The Kier molecular flexibility index (Phi) is 8.43. The number of nitrogens with zero attached hydrogens (tertiary/aromatic N) is 2. The molecule has 30 heavy (non-hydrogen) atoms. The number of nitrogens with one attached hydrogen (secondary N) is 1. The highest BCUT2D eigenvalue weighted by Crippen LogP contribution is 2.21. The molecule has 2 unspecified atom stereocenters. The second kappa shape index (κ2) is 11.3. The monoisotopic (exact) mass is 409 g/mol. The summed E-state index contributed by atoms with van der Waals surface area (Å²) >= 11 is 0. The van der Waals surface area contributed by atoms with E-state index in [9.17, 15) is 4.79 Å². The van der Waals surface area contributed by atoms with Crippen LogP contribution in [-0.4, -0.2) is 54.6 Å². The van der Waals surface area contributed by atoms with Crippen molar-refractivity contribution in [3.8, 4) is 0 Å². The van der Waals surface area contributed by atoms with Crippen LogP contribution >= 0.6 is 0 Å². The van der Waals surface area contributed by atoms with Crippen molar-refractivity contribution in [2.24, 2.45) is 0 Å². The summed E-state index contributed by atoms with van der Waals surface area (Å²) in [6, 6.07) is 18.3. The van der Waals surface area contributed by atoms with Crippen molar-refractivity contribution in [2.75, 3.05) is 32.8 Å². The van der Waals surface area contributed by atoms with Crippen LogP contribution in [0.3, 0.4) is 0 Å². The predicted molar refractivity (Wildman–Crippen MR) is 121 cm³/mol. The zero-order chi connectivity index (χ0) is 21.3. The molecule has 1 aliphatic rings. The van der Waals surface area contributed by atoms with Crippen LogP contribution in [-0.2, 0) is 22.6 Å². The number of morpholine rings is 1. The van der Waals surface area contributed by atoms with E-state index in [0.29, 0.717) is 6.54 Å². The molecule has 1 N–H and O–H groups in total. The Labute approximate surface area is 181 Å². The van der Waals surface area contributed by atoms with E-state index in [1.54, 1.807) is 0 Å². The Hall–Kier alpha value is -2.21. The molecule has 2 aromatic carbocycles. The summed E-state index contributed by atoms with van der Waals surface area (Å²) in [7, 11) is 0. The first-order valence-corrected chi connectivity index (χ1v) is 11.1. The standard InChI is InChI=1S/C25H35N3O2/c1-4-28(5-2)24(23-12-7-6-8-13-23)25(29)26-17-21-10-9-11-22(16-21)19-27-14-15-30-20(3)18-27/h6-13,16,20,24H,4-5,14-15,17-19H2,1-3H3,(H,26,29). The second-order valence-corrected chi connectivity index (χ2v) is 7.99. The maximum atomic E-state index is 13.1. The average Bonchev–Trinajstić information content (AvgIpc) is 2.76. The summed E-state index contributed by atoms with van der Waals surface area (Å²) in [5.74, 6) is 0.0531. The van der Waals surface area contributed by atoms with Crippen LogP contribution in [0.15, 0.2) is 54.6 Å². The number of amides is 1. The molecule has 0 saturated carbocycles. The van der Waals surface area contributed by atoms with Gasteiger partial charge in [-0.25, -0.2) is 0 Å². The Morgan fingerprint density at radius 2 is 1.87 bits per heavy atom. The smallest absolute Gasteiger partial charge is 0.242 e. The number of rotatable bonds is 9. The molecule has 1 saturated heterocycles. The third-order valence-corrected chi connectivity index (χ3v) is 5.73. The first-order chi connectivity index (χ1) is 14.6. The van der Waals surface area contributed by atoms with Crippen LogP contribution in [0, 0.1) is 0 Å². The number of likely N-dealkylation sites (N-methyl/N-ethyl adjacent to an activating group) is 1. The normalized spacial score (nSPS) is 18.3. The fourth-order valence-electron chi connectivity index (χ4n) is 4.17. The predicted octanol–water partition coefficient (Wildman–Crippen LogP) is 3.61. The molecule has 0 aliphatic carbocycles. The molecule has 1 fully saturated rings. The summed E-state index contributed by atoms with van der Waals surface area (Å²) in [5.41, 5.74) is 3.45. The molecule has 0 spiro atoms. The lowest BCUT2D eigenvalue weighted by atomic mass is 10.0. The fraction of sp³-hybridized carbons (Fsp3) is 0.480. The highest BCUT2D eigenvalue weighted by Gasteiger charge is 2.25. The lowest BCUT2D eigenvalue weighted by Crippen LogP contribution is -2.40. The van der Waals surface area contributed by atoms with Gasteiger partial charge in [-0.15, -0.1) is 0 Å². The molecule has 2 atom stereocenters. The van der Waals surface area contributed by atoms with Crippen LogP contribution in [0.5, 0.6) is 0 Å². The zero-order valence-electron chi connectivity index (χ0n) is 18.5. The highest BCUT2D eigenvalue weighted by atomic mass is 16.5. The van der Waals surface area contributed by atoms with Crippen molar-refractivity contribution in [1.82, 2.24) is 15.1 Å². The minimum Gasteiger partial charge on any atom is -0.376 e. The number of carbonyl (C=O) groups excluding carboxylic acids is 1. The topological polar surface area (TPSA) is 44.8 Å². The molecule has 5 nitrogen and oxygen atoms in total. The average molecular weight is 410 g/mol. The van der Waals surface area contributed by atoms with Gasteiger partial charge in [0.1, 0.15) is 6.04 Å². The molecular weight excluding hydrogens is 374 g/mol. The summed E-state index contributed by atoms with van der Waals surface area (Å²) in [5, 5.41) is 3.17. The third kappa shape index (κ3) is 6.14. The van der Waals surface area contributed by atoms with Gasteiger partial charge in [0.2, 0.25) is 5.91 Å². The number of hydrogen-bond donors (Lipinski definition) is 1. The Balaban J connectivity index is 1.64. The fourth-order valence-corrected chi connectivity index (χ4v) is 4.17. The minimum absolute atomic E-state index is 0.0531. The van der Waals surface area contributed by atoms with Crippen molar-refractivity contribution in [1.29, 1.82) is 0 Å². The van der Waals surface area contributed by atoms with Gasteiger partial charge >= 0.3 is 0 Å². The number of ether oxygens (including phenoxy) is 1. The van der Waals surface area contributed by atoms with Gasteiger partial charge in [-0.2, -0.15) is 0 Å². The first kappa shape index (κ1) is 22.5. The van der Waals surface area contributed by atoms with E-state index >= 15 is 0 Å². The summed E-state index contributed by atoms with van der Waals surface area (Å²) in [6.07, 6.45) is 0.288. The molecule has 2 aromatic rings. The summed E-state index contributed by atoms with van der Waals surface area (Å²) in [4.78, 5) is 17.8. The van der Waals surface area contributed by atoms with Gasteiger partial charge in [0.25, 0.3) is 0 Å². The van der Waals surface area contributed by atoms with Crippen LogP contribution < -0.4 is 5.32 Å². The van der Waals surface area contributed by atoms with E-state index < -0.39 is 0 Å². The SMILES string of the molecule is CCN(CC)C(C(=O)NCc1cccc(CN2CCOC(C)C2)c1)c1ccccc1. The van der Waals surface area contributed by atoms with E-state index in [0.717, 1.165) is 50.5 Å². The van der Waals surface area contributed by atoms with Crippen molar-refractivity contribution in [3.63, 3.8) is 0 Å². The molecule has 0 bridgehead atoms. The van der Waals surface area contributed by atoms with Crippen molar-refractivity contribution in [2.45, 2.75) is 46.0 Å². The molecule has 3 rings (SSSR count). The summed E-state index contributed by atoms with van der Waals surface area (Å²) < 4.78 is 5.64. The quantitative estimate of drug-likeness (QED) is 0.687.